The Morgan fingerprint density at radius 2 is 1.71 bits per heavy atom. The molecule has 0 unspecified atom stereocenters. The molecule has 2 aromatic carbocycles. The Labute approximate surface area is 150 Å². The van der Waals surface area contributed by atoms with Crippen LogP contribution in [0.2, 0.25) is 0 Å². The van der Waals surface area contributed by atoms with Crippen LogP contribution in [0.15, 0.2) is 46.9 Å². The quantitative estimate of drug-likeness (QED) is 0.869. The van der Waals surface area contributed by atoms with Crippen LogP contribution in [0.1, 0.15) is 24.0 Å². The third-order valence-electron chi connectivity index (χ3n) is 4.91. The molecule has 0 aliphatic carbocycles. The number of piperidine rings is 1. The molecular weight excluding hydrogens is 370 g/mol. The first-order chi connectivity index (χ1) is 11.6. The molecule has 4 nitrogen and oxygen atoms in total. The number of fused-ring (bicyclic) bond motifs is 1. The normalized spacial score (nSPS) is 19.4. The van der Waals surface area contributed by atoms with Crippen molar-refractivity contribution in [1.82, 2.24) is 4.90 Å². The maximum atomic E-state index is 11.0. The zero-order chi connectivity index (χ0) is 16.6. The van der Waals surface area contributed by atoms with Gasteiger partial charge >= 0.3 is 0 Å². The summed E-state index contributed by atoms with van der Waals surface area (Å²) in [7, 11) is 0. The van der Waals surface area contributed by atoms with Gasteiger partial charge in [-0.15, -0.1) is 0 Å². The summed E-state index contributed by atoms with van der Waals surface area (Å²) in [5, 5.41) is 11.0. The van der Waals surface area contributed by atoms with Gasteiger partial charge in [0.25, 0.3) is 0 Å². The summed E-state index contributed by atoms with van der Waals surface area (Å²) in [6.07, 6.45) is 1.50. The molecule has 0 spiro atoms. The Kier molecular flexibility index (Phi) is 4.24. The first-order valence-corrected chi connectivity index (χ1v) is 9.01. The number of nitrogens with zero attached hydrogens (tertiary/aromatic N) is 1. The number of rotatable bonds is 3. The van der Waals surface area contributed by atoms with Gasteiger partial charge in [0.1, 0.15) is 0 Å². The average Bonchev–Trinajstić information content (AvgIpc) is 3.05. The number of likely N-dealkylation sites (tertiary alicyclic amines) is 1. The van der Waals surface area contributed by atoms with Crippen molar-refractivity contribution in [3.05, 3.63) is 58.1 Å². The summed E-state index contributed by atoms with van der Waals surface area (Å²) in [6, 6.07) is 14.1. The zero-order valence-corrected chi connectivity index (χ0v) is 15.0. The molecule has 0 bridgehead atoms. The van der Waals surface area contributed by atoms with E-state index in [1.165, 1.54) is 5.56 Å². The van der Waals surface area contributed by atoms with E-state index in [0.717, 1.165) is 54.0 Å². The predicted molar refractivity (Wildman–Crippen MR) is 95.1 cm³/mol. The van der Waals surface area contributed by atoms with Gasteiger partial charge in [0.2, 0.25) is 6.79 Å². The minimum absolute atomic E-state index is 0.308. The second-order valence-electron chi connectivity index (χ2n) is 6.50. The van der Waals surface area contributed by atoms with E-state index in [1.54, 1.807) is 0 Å². The minimum Gasteiger partial charge on any atom is -0.454 e. The van der Waals surface area contributed by atoms with Gasteiger partial charge in [-0.05, 0) is 48.2 Å². The molecule has 2 aromatic rings. The van der Waals surface area contributed by atoms with E-state index in [1.807, 2.05) is 30.3 Å². The van der Waals surface area contributed by atoms with Gasteiger partial charge in [0, 0.05) is 24.1 Å². The molecule has 2 heterocycles. The number of benzene rings is 2. The zero-order valence-electron chi connectivity index (χ0n) is 13.4. The van der Waals surface area contributed by atoms with Crippen LogP contribution in [0.3, 0.4) is 0 Å². The second kappa shape index (κ2) is 6.39. The highest BCUT2D eigenvalue weighted by atomic mass is 79.9. The lowest BCUT2D eigenvalue weighted by atomic mass is 9.84. The van der Waals surface area contributed by atoms with Crippen molar-refractivity contribution in [2.24, 2.45) is 0 Å². The number of halogens is 1. The monoisotopic (exact) mass is 389 g/mol. The predicted octanol–water partition coefficient (Wildman–Crippen LogP) is 3.66. The van der Waals surface area contributed by atoms with Gasteiger partial charge < -0.3 is 14.6 Å². The fourth-order valence-corrected chi connectivity index (χ4v) is 3.69. The van der Waals surface area contributed by atoms with Crippen LogP contribution in [0, 0.1) is 0 Å². The van der Waals surface area contributed by atoms with Gasteiger partial charge in [0.05, 0.1) is 5.60 Å². The van der Waals surface area contributed by atoms with Gasteiger partial charge in [-0.25, -0.2) is 0 Å². The van der Waals surface area contributed by atoms with Crippen LogP contribution in [0.5, 0.6) is 11.5 Å². The molecule has 0 saturated carbocycles. The third-order valence-corrected chi connectivity index (χ3v) is 5.44. The molecule has 0 amide bonds. The molecule has 1 saturated heterocycles. The Morgan fingerprint density at radius 1 is 1.00 bits per heavy atom. The number of aliphatic hydroxyl groups is 1. The number of hydrogen-bond donors (Lipinski definition) is 1. The largest absolute Gasteiger partial charge is 0.454 e. The lowest BCUT2D eigenvalue weighted by molar-refractivity contribution is -0.0277. The number of ether oxygens (including phenoxy) is 2. The molecule has 2 aliphatic heterocycles. The van der Waals surface area contributed by atoms with Gasteiger partial charge in [0.15, 0.2) is 11.5 Å². The summed E-state index contributed by atoms with van der Waals surface area (Å²) >= 11 is 3.45. The van der Waals surface area contributed by atoms with Crippen LogP contribution in [-0.2, 0) is 12.1 Å². The van der Waals surface area contributed by atoms with E-state index in [2.05, 4.69) is 33.0 Å². The smallest absolute Gasteiger partial charge is 0.231 e. The van der Waals surface area contributed by atoms with E-state index in [0.29, 0.717) is 6.79 Å². The SMILES string of the molecule is OC1(c2ccc(Br)cc2)CCN(Cc2ccc3c(c2)OCO3)CC1. The summed E-state index contributed by atoms with van der Waals surface area (Å²) < 4.78 is 11.8. The molecule has 1 fully saturated rings. The van der Waals surface area contributed by atoms with Crippen LogP contribution >= 0.6 is 15.9 Å². The topological polar surface area (TPSA) is 41.9 Å². The first-order valence-electron chi connectivity index (χ1n) is 8.22. The molecule has 24 heavy (non-hydrogen) atoms. The van der Waals surface area contributed by atoms with E-state index in [4.69, 9.17) is 9.47 Å². The third kappa shape index (κ3) is 3.16. The fourth-order valence-electron chi connectivity index (χ4n) is 3.43. The standard InChI is InChI=1S/C19H20BrNO3/c20-16-4-2-15(3-5-16)19(22)7-9-21(10-8-19)12-14-1-6-17-18(11-14)24-13-23-17/h1-6,11,22H,7-10,12-13H2. The minimum atomic E-state index is -0.716. The molecule has 0 radical (unpaired) electrons. The van der Waals surface area contributed by atoms with Gasteiger partial charge in [-0.3, -0.25) is 4.90 Å². The van der Waals surface area contributed by atoms with Crippen molar-refractivity contribution in [2.45, 2.75) is 25.0 Å². The molecule has 0 atom stereocenters. The van der Waals surface area contributed by atoms with Crippen LogP contribution in [0.4, 0.5) is 0 Å². The molecule has 126 valence electrons. The maximum absolute atomic E-state index is 11.0. The van der Waals surface area contributed by atoms with Crippen molar-refractivity contribution in [2.75, 3.05) is 19.9 Å². The Hall–Kier alpha value is -1.56. The van der Waals surface area contributed by atoms with Gasteiger partial charge in [-0.1, -0.05) is 34.1 Å². The molecule has 2 aliphatic rings. The summed E-state index contributed by atoms with van der Waals surface area (Å²) in [6.45, 7) is 2.93. The number of hydrogen-bond acceptors (Lipinski definition) is 4. The molecule has 1 N–H and O–H groups in total. The Bertz CT molecular complexity index is 724. The van der Waals surface area contributed by atoms with Gasteiger partial charge in [-0.2, -0.15) is 0 Å². The van der Waals surface area contributed by atoms with Crippen LogP contribution in [-0.4, -0.2) is 29.9 Å². The molecular formula is C19H20BrNO3. The second-order valence-corrected chi connectivity index (χ2v) is 7.42. The van der Waals surface area contributed by atoms with Crippen molar-refractivity contribution in [3.63, 3.8) is 0 Å². The van der Waals surface area contributed by atoms with Crippen LogP contribution in [0.25, 0.3) is 0 Å². The summed E-state index contributed by atoms with van der Waals surface area (Å²) in [5.41, 5.74) is 1.51. The van der Waals surface area contributed by atoms with Crippen molar-refractivity contribution in [1.29, 1.82) is 0 Å². The van der Waals surface area contributed by atoms with Crippen molar-refractivity contribution >= 4 is 15.9 Å². The Morgan fingerprint density at radius 3 is 2.46 bits per heavy atom. The fraction of sp³-hybridized carbons (Fsp3) is 0.368. The lowest BCUT2D eigenvalue weighted by Gasteiger charge is -2.38. The average molecular weight is 390 g/mol. The highest BCUT2D eigenvalue weighted by Gasteiger charge is 2.33. The summed E-state index contributed by atoms with van der Waals surface area (Å²) in [5.74, 6) is 1.65. The maximum Gasteiger partial charge on any atom is 0.231 e. The van der Waals surface area contributed by atoms with Crippen LogP contribution < -0.4 is 9.47 Å². The first kappa shape index (κ1) is 15.9. The van der Waals surface area contributed by atoms with E-state index >= 15 is 0 Å². The molecule has 0 aromatic heterocycles. The van der Waals surface area contributed by atoms with E-state index < -0.39 is 5.60 Å². The summed E-state index contributed by atoms with van der Waals surface area (Å²) in [4.78, 5) is 2.38. The highest BCUT2D eigenvalue weighted by molar-refractivity contribution is 9.10. The highest BCUT2D eigenvalue weighted by Crippen LogP contribution is 2.35. The Balaban J connectivity index is 1.40. The van der Waals surface area contributed by atoms with E-state index in [9.17, 15) is 5.11 Å². The van der Waals surface area contributed by atoms with Crippen molar-refractivity contribution < 1.29 is 14.6 Å². The molecule has 4 rings (SSSR count). The van der Waals surface area contributed by atoms with E-state index in [-0.39, 0.29) is 0 Å². The lowest BCUT2D eigenvalue weighted by Crippen LogP contribution is -2.42. The molecule has 5 heteroatoms. The van der Waals surface area contributed by atoms with Crippen molar-refractivity contribution in [3.8, 4) is 11.5 Å².